The molecule has 1 heterocycles. The summed E-state index contributed by atoms with van der Waals surface area (Å²) in [6, 6.07) is 95.9. The van der Waals surface area contributed by atoms with Gasteiger partial charge in [-0.25, -0.2) is 0 Å². The van der Waals surface area contributed by atoms with Crippen LogP contribution < -0.4 is 5.32 Å². The van der Waals surface area contributed by atoms with Crippen LogP contribution in [0.2, 0.25) is 0 Å². The Morgan fingerprint density at radius 3 is 1.35 bits per heavy atom. The summed E-state index contributed by atoms with van der Waals surface area (Å²) in [7, 11) is 0. The Labute approximate surface area is 402 Å². The van der Waals surface area contributed by atoms with Gasteiger partial charge in [0.05, 0.1) is 16.4 Å². The van der Waals surface area contributed by atoms with Crippen molar-refractivity contribution in [1.82, 2.24) is 4.57 Å². The Bertz CT molecular complexity index is 3850. The first-order chi connectivity index (χ1) is 34.2. The second-order valence-corrected chi connectivity index (χ2v) is 18.5. The van der Waals surface area contributed by atoms with Gasteiger partial charge >= 0.3 is 0 Å². The average Bonchev–Trinajstić information content (AvgIpc) is 4.03. The highest BCUT2D eigenvalue weighted by atomic mass is 15.0. The molecular weight excluding hydrogens is 833 g/mol. The molecule has 2 aliphatic rings. The second kappa shape index (κ2) is 15.6. The molecule has 1 N–H and O–H groups in total. The summed E-state index contributed by atoms with van der Waals surface area (Å²) >= 11 is 0. The lowest BCUT2D eigenvalue weighted by Crippen LogP contribution is -2.25. The van der Waals surface area contributed by atoms with Crippen LogP contribution in [0.15, 0.2) is 261 Å². The fourth-order valence-electron chi connectivity index (χ4n) is 11.7. The summed E-state index contributed by atoms with van der Waals surface area (Å²) in [5, 5.41) is 6.30. The number of para-hydroxylation sites is 1. The van der Waals surface area contributed by atoms with Gasteiger partial charge in [-0.15, -0.1) is 0 Å². The highest BCUT2D eigenvalue weighted by Gasteiger charge is 2.51. The molecule has 1 aromatic heterocycles. The fourth-order valence-corrected chi connectivity index (χ4v) is 11.7. The normalized spacial score (nSPS) is 12.8. The van der Waals surface area contributed by atoms with Gasteiger partial charge < -0.3 is 9.88 Å². The topological polar surface area (TPSA) is 17.0 Å². The third-order valence-corrected chi connectivity index (χ3v) is 14.8. The molecule has 0 amide bonds. The maximum Gasteiger partial charge on any atom is 0.0726 e. The van der Waals surface area contributed by atoms with E-state index in [1.807, 2.05) is 0 Å². The lowest BCUT2D eigenvalue weighted by molar-refractivity contribution is 0.794. The third-order valence-electron chi connectivity index (χ3n) is 14.8. The number of nitrogens with one attached hydrogen (secondary N) is 1. The van der Waals surface area contributed by atoms with E-state index >= 15 is 0 Å². The van der Waals surface area contributed by atoms with E-state index in [1.165, 1.54) is 111 Å². The number of aromatic nitrogens is 1. The molecule has 322 valence electrons. The molecule has 12 aromatic rings. The first-order valence-corrected chi connectivity index (χ1v) is 23.9. The Morgan fingerprint density at radius 1 is 0.261 bits per heavy atom. The monoisotopic (exact) mass is 876 g/mol. The quantitative estimate of drug-likeness (QED) is 0.169. The lowest BCUT2D eigenvalue weighted by Gasteiger charge is -2.30. The van der Waals surface area contributed by atoms with E-state index in [-0.39, 0.29) is 5.41 Å². The van der Waals surface area contributed by atoms with Crippen molar-refractivity contribution < 1.29 is 0 Å². The molecule has 69 heavy (non-hydrogen) atoms. The van der Waals surface area contributed by atoms with Gasteiger partial charge in [0.2, 0.25) is 0 Å². The van der Waals surface area contributed by atoms with Gasteiger partial charge in [0.1, 0.15) is 0 Å². The molecule has 0 bridgehead atoms. The standard InChI is InChI=1S/C67H44N2/c1-3-16-44(17-4-1)50-38-51(45-18-5-2-6-19-45)41-54(40-50)69-65-29-14-10-25-59(65)60-42-49(34-37-66(60)69)47-32-30-46(31-33-47)48-20-15-21-52(39-48)68-53-35-36-58-57-24-9-13-28-63(57)67(64(58)43-53)61-26-11-7-22-55(61)56-23-8-12-27-62(56)67/h1-43,68H. The second-order valence-electron chi connectivity index (χ2n) is 18.5. The van der Waals surface area contributed by atoms with Gasteiger partial charge in [0, 0.05) is 27.8 Å². The Balaban J connectivity index is 0.793. The maximum atomic E-state index is 3.83. The summed E-state index contributed by atoms with van der Waals surface area (Å²) in [6.07, 6.45) is 0. The zero-order valence-electron chi connectivity index (χ0n) is 37.8. The molecule has 14 rings (SSSR count). The first kappa shape index (κ1) is 39.2. The van der Waals surface area contributed by atoms with Crippen molar-refractivity contribution in [2.45, 2.75) is 5.41 Å². The summed E-state index contributed by atoms with van der Waals surface area (Å²) < 4.78 is 2.43. The number of anilines is 2. The number of benzene rings is 11. The van der Waals surface area contributed by atoms with Crippen LogP contribution in [0.25, 0.3) is 94.3 Å². The predicted molar refractivity (Wildman–Crippen MR) is 289 cm³/mol. The SMILES string of the molecule is c1ccc(-c2cc(-c3ccccc3)cc(-n3c4ccccc4c4cc(-c5ccc(-c6cccc(Nc7ccc8c(c7)C7(c9ccccc9-c9ccccc97)c7ccccc7-8)c6)cc5)ccc43)c2)cc1. The Hall–Kier alpha value is -8.98. The molecule has 0 radical (unpaired) electrons. The van der Waals surface area contributed by atoms with Gasteiger partial charge in [-0.05, 0) is 150 Å². The molecule has 0 saturated heterocycles. The van der Waals surface area contributed by atoms with Crippen LogP contribution in [0.3, 0.4) is 0 Å². The first-order valence-electron chi connectivity index (χ1n) is 23.9. The molecule has 2 aliphatic carbocycles. The highest BCUT2D eigenvalue weighted by molar-refractivity contribution is 6.10. The van der Waals surface area contributed by atoms with Gasteiger partial charge in [0.15, 0.2) is 0 Å². The fraction of sp³-hybridized carbons (Fsp3) is 0.0149. The smallest absolute Gasteiger partial charge is 0.0726 e. The van der Waals surface area contributed by atoms with E-state index in [2.05, 4.69) is 271 Å². The molecule has 0 atom stereocenters. The van der Waals surface area contributed by atoms with Crippen LogP contribution in [0.1, 0.15) is 22.3 Å². The van der Waals surface area contributed by atoms with Gasteiger partial charge in [-0.2, -0.15) is 0 Å². The van der Waals surface area contributed by atoms with Crippen molar-refractivity contribution in [3.05, 3.63) is 283 Å². The number of nitrogens with zero attached hydrogens (tertiary/aromatic N) is 1. The largest absolute Gasteiger partial charge is 0.355 e. The van der Waals surface area contributed by atoms with Gasteiger partial charge in [-0.3, -0.25) is 0 Å². The van der Waals surface area contributed by atoms with Gasteiger partial charge in [0.25, 0.3) is 0 Å². The van der Waals surface area contributed by atoms with Crippen molar-refractivity contribution in [2.75, 3.05) is 5.32 Å². The molecule has 0 unspecified atom stereocenters. The summed E-state index contributed by atoms with van der Waals surface area (Å²) in [4.78, 5) is 0. The minimum Gasteiger partial charge on any atom is -0.355 e. The van der Waals surface area contributed by atoms with E-state index in [1.54, 1.807) is 0 Å². The minimum atomic E-state index is -0.372. The minimum absolute atomic E-state index is 0.372. The van der Waals surface area contributed by atoms with Crippen LogP contribution in [0.5, 0.6) is 0 Å². The molecule has 2 nitrogen and oxygen atoms in total. The number of hydrogen-bond donors (Lipinski definition) is 1. The summed E-state index contributed by atoms with van der Waals surface area (Å²) in [5.74, 6) is 0. The van der Waals surface area contributed by atoms with Crippen molar-refractivity contribution in [3.63, 3.8) is 0 Å². The van der Waals surface area contributed by atoms with Crippen LogP contribution >= 0.6 is 0 Å². The lowest BCUT2D eigenvalue weighted by atomic mass is 9.70. The Morgan fingerprint density at radius 2 is 0.725 bits per heavy atom. The van der Waals surface area contributed by atoms with Crippen LogP contribution in [-0.2, 0) is 5.41 Å². The number of hydrogen-bond acceptors (Lipinski definition) is 1. The molecule has 2 heteroatoms. The molecule has 11 aromatic carbocycles. The van der Waals surface area contributed by atoms with E-state index in [9.17, 15) is 0 Å². The molecule has 0 saturated carbocycles. The van der Waals surface area contributed by atoms with Crippen LogP contribution in [0.4, 0.5) is 11.4 Å². The average molecular weight is 877 g/mol. The zero-order chi connectivity index (χ0) is 45.5. The number of fused-ring (bicyclic) bond motifs is 13. The number of rotatable bonds is 7. The zero-order valence-corrected chi connectivity index (χ0v) is 37.8. The molecule has 0 aliphatic heterocycles. The molecule has 0 fully saturated rings. The highest BCUT2D eigenvalue weighted by Crippen LogP contribution is 2.63. The van der Waals surface area contributed by atoms with Crippen molar-refractivity contribution in [3.8, 4) is 72.4 Å². The van der Waals surface area contributed by atoms with Crippen molar-refractivity contribution in [1.29, 1.82) is 0 Å². The Kier molecular flexibility index (Phi) is 8.84. The summed E-state index contributed by atoms with van der Waals surface area (Å²) in [6.45, 7) is 0. The van der Waals surface area contributed by atoms with E-state index < -0.39 is 0 Å². The van der Waals surface area contributed by atoms with Gasteiger partial charge in [-0.1, -0.05) is 200 Å². The predicted octanol–water partition coefficient (Wildman–Crippen LogP) is 17.5. The molecule has 1 spiro atoms. The van der Waals surface area contributed by atoms with Crippen LogP contribution in [0, 0.1) is 0 Å². The molecular formula is C67H44N2. The third kappa shape index (κ3) is 6.12. The maximum absolute atomic E-state index is 3.83. The van der Waals surface area contributed by atoms with Crippen molar-refractivity contribution in [2.24, 2.45) is 0 Å². The van der Waals surface area contributed by atoms with E-state index in [0.29, 0.717) is 0 Å². The van der Waals surface area contributed by atoms with Crippen LogP contribution in [-0.4, -0.2) is 4.57 Å². The summed E-state index contributed by atoms with van der Waals surface area (Å²) in [5.41, 5.74) is 25.4. The van der Waals surface area contributed by atoms with Crippen molar-refractivity contribution >= 4 is 33.2 Å². The van der Waals surface area contributed by atoms with E-state index in [0.717, 1.165) is 17.1 Å². The van der Waals surface area contributed by atoms with E-state index in [4.69, 9.17) is 0 Å².